The molecule has 5 amide bonds. The molecule has 2 aromatic rings. The molecule has 378 valence electrons. The molecule has 6 rings (SSSR count). The van der Waals surface area contributed by atoms with E-state index in [-0.39, 0.29) is 75.1 Å². The lowest BCUT2D eigenvalue weighted by Crippen LogP contribution is -2.62. The summed E-state index contributed by atoms with van der Waals surface area (Å²) in [6.45, 7) is 7.30. The van der Waals surface area contributed by atoms with E-state index in [0.717, 1.165) is 35.3 Å². The van der Waals surface area contributed by atoms with E-state index in [1.165, 1.54) is 16.2 Å². The summed E-state index contributed by atoms with van der Waals surface area (Å²) in [5.74, 6) is -3.74. The molecule has 0 spiro atoms. The number of benzene rings is 1. The SMILES string of the molecule is CC(N)=NCCCC(NC(=O)C1CC2CCCCC2N1C(=O)C1Cc2ccccc2CN1C(=O)C(COP)NC(=O)C(CC(=O)CNC(=O)C1C[C@H](OP)CN1)Cc1cccs1)C(=O)OC(C)(C)C. The van der Waals surface area contributed by atoms with Crippen LogP contribution in [0.3, 0.4) is 0 Å². The van der Waals surface area contributed by atoms with E-state index in [1.54, 1.807) is 32.6 Å². The number of rotatable bonds is 21. The molecule has 4 aliphatic rings. The number of Topliss-reactive ketones (excluding diaryl/α,β-unsaturated/α-hetero) is 1. The van der Waals surface area contributed by atoms with Gasteiger partial charge in [0.05, 0.1) is 31.1 Å². The number of hydrogen-bond donors (Lipinski definition) is 5. The second-order valence-corrected chi connectivity index (χ2v) is 21.3. The Morgan fingerprint density at radius 2 is 1.71 bits per heavy atom. The normalized spacial score (nSPS) is 23.8. The zero-order valence-corrected chi connectivity index (χ0v) is 43.2. The number of ketones is 1. The maximum Gasteiger partial charge on any atom is 0.329 e. The smallest absolute Gasteiger partial charge is 0.329 e. The van der Waals surface area contributed by atoms with E-state index >= 15 is 9.59 Å². The summed E-state index contributed by atoms with van der Waals surface area (Å²) in [4.78, 5) is 108. The molecule has 6 N–H and O–H groups in total. The van der Waals surface area contributed by atoms with Crippen LogP contribution in [0.2, 0.25) is 0 Å². The van der Waals surface area contributed by atoms with Crippen LogP contribution in [0.5, 0.6) is 0 Å². The molecular formula is C48H70N8O10P2S. The largest absolute Gasteiger partial charge is 0.458 e. The quantitative estimate of drug-likeness (QED) is 0.0399. The van der Waals surface area contributed by atoms with E-state index < -0.39 is 71.3 Å². The third kappa shape index (κ3) is 14.8. The van der Waals surface area contributed by atoms with Gasteiger partial charge >= 0.3 is 5.97 Å². The van der Waals surface area contributed by atoms with E-state index in [4.69, 9.17) is 19.5 Å². The first kappa shape index (κ1) is 54.0. The number of hydrogen-bond acceptors (Lipinski definition) is 13. The highest BCUT2D eigenvalue weighted by molar-refractivity contribution is 7.10. The molecule has 0 radical (unpaired) electrons. The van der Waals surface area contributed by atoms with Crippen LogP contribution in [0.1, 0.15) is 101 Å². The number of fused-ring (bicyclic) bond motifs is 2. The molecule has 4 heterocycles. The van der Waals surface area contributed by atoms with Crippen molar-refractivity contribution < 1.29 is 47.3 Å². The first-order valence-corrected chi connectivity index (χ1v) is 25.8. The third-order valence-corrected chi connectivity index (χ3v) is 14.8. The first-order chi connectivity index (χ1) is 33.0. The number of amides is 5. The van der Waals surface area contributed by atoms with Crippen molar-refractivity contribution in [2.45, 2.75) is 153 Å². The average Bonchev–Trinajstić information content (AvgIpc) is 4.11. The van der Waals surface area contributed by atoms with Gasteiger partial charge in [-0.2, -0.15) is 0 Å². The molecule has 21 heteroatoms. The number of amidine groups is 1. The summed E-state index contributed by atoms with van der Waals surface area (Å²) in [6, 6.07) is 6.26. The van der Waals surface area contributed by atoms with Crippen LogP contribution in [-0.4, -0.2) is 131 Å². The van der Waals surface area contributed by atoms with Gasteiger partial charge in [-0.05, 0) is 101 Å². The van der Waals surface area contributed by atoms with Crippen molar-refractivity contribution in [3.8, 4) is 0 Å². The van der Waals surface area contributed by atoms with Gasteiger partial charge in [-0.1, -0.05) is 43.2 Å². The van der Waals surface area contributed by atoms with Crippen molar-refractivity contribution in [2.24, 2.45) is 22.6 Å². The van der Waals surface area contributed by atoms with Crippen LogP contribution in [0.25, 0.3) is 0 Å². The van der Waals surface area contributed by atoms with Gasteiger partial charge in [0.25, 0.3) is 0 Å². The summed E-state index contributed by atoms with van der Waals surface area (Å²) in [6.07, 6.45) is 4.88. The number of nitrogens with two attached hydrogens (primary N) is 1. The number of likely N-dealkylation sites (tertiary alicyclic amines) is 1. The molecule has 1 aromatic carbocycles. The molecule has 0 bridgehead atoms. The molecule has 1 aromatic heterocycles. The number of esters is 1. The molecule has 69 heavy (non-hydrogen) atoms. The standard InChI is InChI=1S/C48H70N8O10P2S/c1-28(49)50-17-9-15-36(47(63)65-48(2,3)4)53-44(60)40-22-30-12-7-8-16-39(30)56(40)46(62)41-21-29-11-5-6-13-31(29)26-55(41)45(61)38(27-64-67)54-42(58)32(20-35-14-10-18-69-35)19-33(57)24-52-43(59)37-23-34(66-68)25-51-37/h5-6,10-11,13-14,18,30,32,34,36-41,51H,7-9,12,15-17,19-27,67-68H2,1-4H3,(H2,49,50)(H,52,59)(H,53,60)(H,54,58)/t30?,32?,34-,36?,37?,38?,39?,40?,41?/m0/s1. The zero-order chi connectivity index (χ0) is 49.8. The fourth-order valence-electron chi connectivity index (χ4n) is 9.95. The van der Waals surface area contributed by atoms with Crippen LogP contribution in [0.4, 0.5) is 0 Å². The molecule has 2 saturated heterocycles. The number of thiophene rings is 1. The van der Waals surface area contributed by atoms with Crippen molar-refractivity contribution in [1.82, 2.24) is 31.1 Å². The van der Waals surface area contributed by atoms with Gasteiger partial charge in [-0.25, -0.2) is 4.79 Å². The van der Waals surface area contributed by atoms with Crippen LogP contribution < -0.4 is 27.0 Å². The van der Waals surface area contributed by atoms with E-state index in [0.29, 0.717) is 44.6 Å². The lowest BCUT2D eigenvalue weighted by Gasteiger charge is -2.42. The van der Waals surface area contributed by atoms with Crippen LogP contribution in [-0.2, 0) is 66.7 Å². The van der Waals surface area contributed by atoms with Gasteiger partial charge in [0.1, 0.15) is 29.8 Å². The number of nitrogens with zero attached hydrogens (tertiary/aromatic N) is 3. The Morgan fingerprint density at radius 1 is 0.957 bits per heavy atom. The van der Waals surface area contributed by atoms with E-state index in [2.05, 4.69) is 45.2 Å². The van der Waals surface area contributed by atoms with Crippen molar-refractivity contribution >= 4 is 77.4 Å². The number of nitrogens with one attached hydrogen (secondary N) is 4. The Bertz CT molecular complexity index is 2170. The van der Waals surface area contributed by atoms with Crippen molar-refractivity contribution in [2.75, 3.05) is 26.2 Å². The maximum atomic E-state index is 15.4. The highest BCUT2D eigenvalue weighted by Gasteiger charge is 2.51. The molecule has 11 atom stereocenters. The molecule has 1 aliphatic carbocycles. The molecule has 1 saturated carbocycles. The summed E-state index contributed by atoms with van der Waals surface area (Å²) in [7, 11) is 4.31. The summed E-state index contributed by atoms with van der Waals surface area (Å²) in [5, 5.41) is 13.5. The fourth-order valence-corrected chi connectivity index (χ4v) is 11.1. The van der Waals surface area contributed by atoms with E-state index in [9.17, 15) is 24.0 Å². The fraction of sp³-hybridized carbons (Fsp3) is 0.625. The van der Waals surface area contributed by atoms with Crippen LogP contribution >= 0.6 is 30.3 Å². The Balaban J connectivity index is 1.23. The highest BCUT2D eigenvalue weighted by Crippen LogP contribution is 2.41. The van der Waals surface area contributed by atoms with Crippen molar-refractivity contribution in [3.63, 3.8) is 0 Å². The minimum Gasteiger partial charge on any atom is -0.458 e. The van der Waals surface area contributed by atoms with Crippen molar-refractivity contribution in [3.05, 3.63) is 57.8 Å². The number of carbonyl (C=O) groups excluding carboxylic acids is 7. The van der Waals surface area contributed by atoms with Gasteiger partial charge in [0.15, 0.2) is 5.78 Å². The van der Waals surface area contributed by atoms with Gasteiger partial charge in [-0.3, -0.25) is 33.8 Å². The lowest BCUT2D eigenvalue weighted by atomic mass is 9.84. The maximum absolute atomic E-state index is 15.4. The van der Waals surface area contributed by atoms with E-state index in [1.807, 2.05) is 41.8 Å². The molecule has 3 fully saturated rings. The first-order valence-electron chi connectivity index (χ1n) is 24.0. The second-order valence-electron chi connectivity index (χ2n) is 19.6. The molecule has 3 aliphatic heterocycles. The van der Waals surface area contributed by atoms with Crippen LogP contribution in [0.15, 0.2) is 46.8 Å². The predicted molar refractivity (Wildman–Crippen MR) is 267 cm³/mol. The highest BCUT2D eigenvalue weighted by atomic mass is 32.1. The lowest BCUT2D eigenvalue weighted by molar-refractivity contribution is -0.159. The van der Waals surface area contributed by atoms with Gasteiger partial charge in [-0.15, -0.1) is 11.3 Å². The van der Waals surface area contributed by atoms with Gasteiger partial charge < -0.3 is 50.6 Å². The summed E-state index contributed by atoms with van der Waals surface area (Å²) < 4.78 is 16.5. The minimum absolute atomic E-state index is 0.0377. The van der Waals surface area contributed by atoms with Gasteiger partial charge in [0, 0.05) is 68.2 Å². The summed E-state index contributed by atoms with van der Waals surface area (Å²) in [5.41, 5.74) is 6.65. The summed E-state index contributed by atoms with van der Waals surface area (Å²) >= 11 is 1.43. The third-order valence-electron chi connectivity index (χ3n) is 13.3. The minimum atomic E-state index is -1.27. The van der Waals surface area contributed by atoms with Crippen molar-refractivity contribution in [1.29, 1.82) is 0 Å². The number of carbonyl (C=O) groups is 7. The monoisotopic (exact) mass is 1010 g/mol. The zero-order valence-electron chi connectivity index (χ0n) is 40.1. The Morgan fingerprint density at radius 3 is 2.39 bits per heavy atom. The molecular weight excluding hydrogens is 943 g/mol. The van der Waals surface area contributed by atoms with Gasteiger partial charge in [0.2, 0.25) is 29.5 Å². The second kappa shape index (κ2) is 25.1. The van der Waals surface area contributed by atoms with Crippen LogP contribution in [0, 0.1) is 11.8 Å². The molecule has 10 unspecified atom stereocenters. The topological polar surface area (TPSA) is 240 Å². The number of ether oxygens (including phenoxy) is 1. The Kier molecular flexibility index (Phi) is 19.7. The number of aliphatic imine (C=N–C) groups is 1. The molecule has 18 nitrogen and oxygen atoms in total. The Hall–Kier alpha value is -4.38. The Labute approximate surface area is 413 Å². The average molecular weight is 1010 g/mol. The predicted octanol–water partition coefficient (Wildman–Crippen LogP) is 2.91.